The first kappa shape index (κ1) is 14.5. The van der Waals surface area contributed by atoms with E-state index in [1.165, 1.54) is 6.07 Å². The van der Waals surface area contributed by atoms with Crippen molar-refractivity contribution in [1.82, 2.24) is 20.2 Å². The maximum absolute atomic E-state index is 13.6. The summed E-state index contributed by atoms with van der Waals surface area (Å²) in [6.45, 7) is 1.74. The summed E-state index contributed by atoms with van der Waals surface area (Å²) in [5.74, 6) is -0.193. The van der Waals surface area contributed by atoms with Crippen LogP contribution in [0, 0.1) is 12.7 Å². The number of tetrazole rings is 1. The topological polar surface area (TPSA) is 87.0 Å². The van der Waals surface area contributed by atoms with Gasteiger partial charge in [-0.15, -0.1) is 15.0 Å². The Morgan fingerprint density at radius 1 is 1.40 bits per heavy atom. The van der Waals surface area contributed by atoms with E-state index in [9.17, 15) is 12.8 Å². The molecule has 2 aromatic rings. The molecular weight excluding hydrogens is 287 g/mol. The lowest BCUT2D eigenvalue weighted by Gasteiger charge is -2.01. The van der Waals surface area contributed by atoms with E-state index in [0.29, 0.717) is 0 Å². The van der Waals surface area contributed by atoms with E-state index in [-0.39, 0.29) is 24.5 Å². The first-order chi connectivity index (χ1) is 9.35. The van der Waals surface area contributed by atoms with Crippen molar-refractivity contribution in [2.75, 3.05) is 12.9 Å². The monoisotopic (exact) mass is 300 g/mol. The second-order valence-electron chi connectivity index (χ2n) is 4.23. The standard InChI is InChI=1S/C11H13FN4O3S/c1-8-3-4-9(12)10(7-8)16-14-11(13-15-16)5-6-19-20(2,17)18/h3-4,7H,5-6H2,1-2H3. The number of hydrogen-bond donors (Lipinski definition) is 0. The van der Waals surface area contributed by atoms with Crippen LogP contribution in [-0.4, -0.2) is 41.5 Å². The first-order valence-electron chi connectivity index (χ1n) is 5.75. The van der Waals surface area contributed by atoms with Gasteiger partial charge >= 0.3 is 0 Å². The van der Waals surface area contributed by atoms with Crippen LogP contribution >= 0.6 is 0 Å². The molecule has 1 aromatic heterocycles. The van der Waals surface area contributed by atoms with E-state index >= 15 is 0 Å². The van der Waals surface area contributed by atoms with E-state index < -0.39 is 15.9 Å². The molecule has 0 saturated heterocycles. The van der Waals surface area contributed by atoms with Gasteiger partial charge in [0, 0.05) is 6.42 Å². The van der Waals surface area contributed by atoms with Gasteiger partial charge in [0.2, 0.25) is 0 Å². The summed E-state index contributed by atoms with van der Waals surface area (Å²) in [6.07, 6.45) is 1.12. The van der Waals surface area contributed by atoms with Crippen LogP contribution in [0.15, 0.2) is 18.2 Å². The van der Waals surface area contributed by atoms with E-state index in [1.54, 1.807) is 12.1 Å². The summed E-state index contributed by atoms with van der Waals surface area (Å²) in [5, 5.41) is 11.4. The number of aryl methyl sites for hydroxylation is 1. The predicted molar refractivity (Wildman–Crippen MR) is 68.3 cm³/mol. The highest BCUT2D eigenvalue weighted by Crippen LogP contribution is 2.13. The van der Waals surface area contributed by atoms with Gasteiger partial charge in [-0.1, -0.05) is 6.07 Å². The normalized spacial score (nSPS) is 11.8. The van der Waals surface area contributed by atoms with Crippen molar-refractivity contribution in [2.24, 2.45) is 0 Å². The lowest BCUT2D eigenvalue weighted by atomic mass is 10.2. The second-order valence-corrected chi connectivity index (χ2v) is 5.87. The third-order valence-corrected chi connectivity index (χ3v) is 2.99. The lowest BCUT2D eigenvalue weighted by Crippen LogP contribution is -2.07. The Hall–Kier alpha value is -1.87. The van der Waals surface area contributed by atoms with Gasteiger partial charge in [0.15, 0.2) is 11.6 Å². The van der Waals surface area contributed by atoms with E-state index in [0.717, 1.165) is 16.6 Å². The van der Waals surface area contributed by atoms with E-state index in [2.05, 4.69) is 19.6 Å². The van der Waals surface area contributed by atoms with Crippen LogP contribution in [0.4, 0.5) is 4.39 Å². The summed E-state index contributed by atoms with van der Waals surface area (Å²) in [5.41, 5.74) is 1.05. The molecular formula is C11H13FN4O3S. The van der Waals surface area contributed by atoms with Crippen LogP contribution in [0.5, 0.6) is 0 Å². The van der Waals surface area contributed by atoms with Crippen LogP contribution in [0.25, 0.3) is 5.69 Å². The molecule has 0 spiro atoms. The smallest absolute Gasteiger partial charge is 0.264 e. The molecule has 0 fully saturated rings. The van der Waals surface area contributed by atoms with Gasteiger partial charge in [0.05, 0.1) is 12.9 Å². The van der Waals surface area contributed by atoms with Gasteiger partial charge in [0.25, 0.3) is 10.1 Å². The molecule has 2 rings (SSSR count). The molecule has 108 valence electrons. The minimum Gasteiger partial charge on any atom is -0.270 e. The highest BCUT2D eigenvalue weighted by Gasteiger charge is 2.10. The number of aromatic nitrogens is 4. The van der Waals surface area contributed by atoms with Crippen molar-refractivity contribution >= 4 is 10.1 Å². The molecule has 1 aromatic carbocycles. The first-order valence-corrected chi connectivity index (χ1v) is 7.56. The summed E-state index contributed by atoms with van der Waals surface area (Å²) in [6, 6.07) is 4.55. The molecule has 0 atom stereocenters. The Bertz CT molecular complexity index is 714. The number of hydrogen-bond acceptors (Lipinski definition) is 6. The van der Waals surface area contributed by atoms with Crippen molar-refractivity contribution in [3.05, 3.63) is 35.4 Å². The van der Waals surface area contributed by atoms with Crippen molar-refractivity contribution in [3.8, 4) is 5.69 Å². The molecule has 0 unspecified atom stereocenters. The maximum atomic E-state index is 13.6. The van der Waals surface area contributed by atoms with Crippen LogP contribution in [0.2, 0.25) is 0 Å². The van der Waals surface area contributed by atoms with Crippen LogP contribution in [0.1, 0.15) is 11.4 Å². The summed E-state index contributed by atoms with van der Waals surface area (Å²) >= 11 is 0. The average molecular weight is 300 g/mol. The number of nitrogens with zero attached hydrogens (tertiary/aromatic N) is 4. The number of rotatable bonds is 5. The maximum Gasteiger partial charge on any atom is 0.264 e. The Labute approximate surface area is 115 Å². The van der Waals surface area contributed by atoms with Gasteiger partial charge in [-0.2, -0.15) is 8.42 Å². The van der Waals surface area contributed by atoms with E-state index in [1.807, 2.05) is 6.92 Å². The molecule has 0 aliphatic carbocycles. The molecule has 0 N–H and O–H groups in total. The van der Waals surface area contributed by atoms with Crippen LogP contribution in [-0.2, 0) is 20.7 Å². The molecule has 9 heteroatoms. The summed E-state index contributed by atoms with van der Waals surface area (Å²) < 4.78 is 39.8. The van der Waals surface area contributed by atoms with E-state index in [4.69, 9.17) is 0 Å². The molecule has 0 aliphatic heterocycles. The fraction of sp³-hybridized carbons (Fsp3) is 0.364. The minimum atomic E-state index is -3.49. The number of halogens is 1. The Kier molecular flexibility index (Phi) is 4.09. The third kappa shape index (κ3) is 3.81. The fourth-order valence-corrected chi connectivity index (χ4v) is 1.89. The highest BCUT2D eigenvalue weighted by atomic mass is 32.2. The van der Waals surface area contributed by atoms with Crippen LogP contribution in [0.3, 0.4) is 0 Å². The lowest BCUT2D eigenvalue weighted by molar-refractivity contribution is 0.323. The van der Waals surface area contributed by atoms with Crippen molar-refractivity contribution < 1.29 is 17.0 Å². The molecule has 7 nitrogen and oxygen atoms in total. The molecule has 0 radical (unpaired) electrons. The summed E-state index contributed by atoms with van der Waals surface area (Å²) in [7, 11) is -3.49. The van der Waals surface area contributed by atoms with Gasteiger partial charge in [-0.05, 0) is 29.8 Å². The average Bonchev–Trinajstić information content (AvgIpc) is 2.79. The van der Waals surface area contributed by atoms with Crippen molar-refractivity contribution in [1.29, 1.82) is 0 Å². The molecule has 0 bridgehead atoms. The van der Waals surface area contributed by atoms with Gasteiger partial charge in [0.1, 0.15) is 5.69 Å². The Morgan fingerprint density at radius 2 is 2.15 bits per heavy atom. The second kappa shape index (κ2) is 5.63. The molecule has 1 heterocycles. The molecule has 20 heavy (non-hydrogen) atoms. The predicted octanol–water partition coefficient (Wildman–Crippen LogP) is 0.629. The van der Waals surface area contributed by atoms with Crippen molar-refractivity contribution in [3.63, 3.8) is 0 Å². The Morgan fingerprint density at radius 3 is 2.85 bits per heavy atom. The Balaban J connectivity index is 2.11. The van der Waals surface area contributed by atoms with Gasteiger partial charge in [-0.25, -0.2) is 4.39 Å². The quantitative estimate of drug-likeness (QED) is 0.753. The molecule has 0 saturated carbocycles. The SMILES string of the molecule is Cc1ccc(F)c(-n2nnc(CCOS(C)(=O)=O)n2)c1. The zero-order valence-corrected chi connectivity index (χ0v) is 11.8. The third-order valence-electron chi connectivity index (χ3n) is 2.40. The van der Waals surface area contributed by atoms with Crippen LogP contribution < -0.4 is 0 Å². The molecule has 0 aliphatic rings. The minimum absolute atomic E-state index is 0.0825. The molecule has 0 amide bonds. The fourth-order valence-electron chi connectivity index (χ4n) is 1.51. The number of benzene rings is 1. The summed E-state index contributed by atoms with van der Waals surface area (Å²) in [4.78, 5) is 1.07. The largest absolute Gasteiger partial charge is 0.270 e. The van der Waals surface area contributed by atoms with Crippen molar-refractivity contribution in [2.45, 2.75) is 13.3 Å². The van der Waals surface area contributed by atoms with Gasteiger partial charge in [-0.3, -0.25) is 4.18 Å². The zero-order chi connectivity index (χ0) is 14.8. The highest BCUT2D eigenvalue weighted by molar-refractivity contribution is 7.85. The zero-order valence-electron chi connectivity index (χ0n) is 10.9. The van der Waals surface area contributed by atoms with Gasteiger partial charge < -0.3 is 0 Å².